The number of hydrogen-bond acceptors (Lipinski definition) is 3. The molecule has 2 aliphatic rings. The monoisotopic (exact) mass is 287 g/mol. The Bertz CT molecular complexity index is 503. The summed E-state index contributed by atoms with van der Waals surface area (Å²) < 4.78 is 0. The minimum Gasteiger partial charge on any atom is -0.338 e. The van der Waals surface area contributed by atoms with Gasteiger partial charge in [0.1, 0.15) is 0 Å². The summed E-state index contributed by atoms with van der Waals surface area (Å²) in [5, 5.41) is 0. The molecule has 0 bridgehead atoms. The van der Waals surface area contributed by atoms with Gasteiger partial charge in [0.25, 0.3) is 0 Å². The molecule has 1 fully saturated rings. The molecule has 0 spiro atoms. The van der Waals surface area contributed by atoms with E-state index in [1.165, 1.54) is 24.9 Å². The van der Waals surface area contributed by atoms with E-state index in [2.05, 4.69) is 23.0 Å². The minimum absolute atomic E-state index is 0.317. The fourth-order valence-corrected chi connectivity index (χ4v) is 3.57. The molecule has 1 unspecified atom stereocenters. The number of rotatable bonds is 3. The first-order valence-electron chi connectivity index (χ1n) is 8.11. The van der Waals surface area contributed by atoms with Gasteiger partial charge in [-0.15, -0.1) is 0 Å². The molecule has 1 atom stereocenters. The Hall–Kier alpha value is -1.42. The predicted molar refractivity (Wildman–Crippen MR) is 82.8 cm³/mol. The third-order valence-electron chi connectivity index (χ3n) is 4.81. The number of likely N-dealkylation sites (tertiary alicyclic amines) is 1. The molecule has 0 radical (unpaired) electrons. The molecule has 0 aliphatic carbocycles. The molecule has 21 heavy (non-hydrogen) atoms. The Morgan fingerprint density at radius 2 is 2.33 bits per heavy atom. The molecule has 0 N–H and O–H groups in total. The Morgan fingerprint density at radius 1 is 1.43 bits per heavy atom. The van der Waals surface area contributed by atoms with Gasteiger partial charge in [-0.3, -0.25) is 9.78 Å². The number of carbonyl (C=O) groups excluding carboxylic acids is 1. The fraction of sp³-hybridized carbons (Fsp3) is 0.647. The summed E-state index contributed by atoms with van der Waals surface area (Å²) in [4.78, 5) is 21.2. The zero-order chi connectivity index (χ0) is 14.7. The highest BCUT2D eigenvalue weighted by Gasteiger charge is 2.23. The smallest absolute Gasteiger partial charge is 0.222 e. The average molecular weight is 287 g/mol. The lowest BCUT2D eigenvalue weighted by molar-refractivity contribution is -0.132. The van der Waals surface area contributed by atoms with Crippen molar-refractivity contribution in [3.8, 4) is 0 Å². The number of hydrogen-bond donors (Lipinski definition) is 0. The van der Waals surface area contributed by atoms with Crippen LogP contribution in [0.25, 0.3) is 0 Å². The van der Waals surface area contributed by atoms with Crippen LogP contribution >= 0.6 is 0 Å². The topological polar surface area (TPSA) is 36.4 Å². The number of carbonyl (C=O) groups is 1. The predicted octanol–water partition coefficient (Wildman–Crippen LogP) is 2.09. The molecule has 1 saturated heterocycles. The molecule has 114 valence electrons. The van der Waals surface area contributed by atoms with Gasteiger partial charge in [0.2, 0.25) is 5.91 Å². The lowest BCUT2D eigenvalue weighted by Crippen LogP contribution is -2.37. The third kappa shape index (κ3) is 3.62. The summed E-state index contributed by atoms with van der Waals surface area (Å²) in [6.07, 6.45) is 7.04. The number of piperidine rings is 1. The molecule has 0 saturated carbocycles. The van der Waals surface area contributed by atoms with E-state index in [0.717, 1.165) is 38.2 Å². The van der Waals surface area contributed by atoms with Gasteiger partial charge in [0.15, 0.2) is 0 Å². The second kappa shape index (κ2) is 6.56. The van der Waals surface area contributed by atoms with Crippen LogP contribution in [-0.4, -0.2) is 47.4 Å². The van der Waals surface area contributed by atoms with Gasteiger partial charge in [0.05, 0.1) is 0 Å². The summed E-state index contributed by atoms with van der Waals surface area (Å²) in [7, 11) is 2.18. The van der Waals surface area contributed by atoms with Crippen molar-refractivity contribution in [2.45, 2.75) is 38.6 Å². The van der Waals surface area contributed by atoms with E-state index >= 15 is 0 Å². The highest BCUT2D eigenvalue weighted by Crippen LogP contribution is 2.22. The molecule has 3 rings (SSSR count). The van der Waals surface area contributed by atoms with Crippen molar-refractivity contribution in [2.75, 3.05) is 26.7 Å². The van der Waals surface area contributed by atoms with E-state index in [1.54, 1.807) is 0 Å². The second-order valence-corrected chi connectivity index (χ2v) is 6.48. The summed E-state index contributed by atoms with van der Waals surface area (Å²) in [5.74, 6) is 1.02. The van der Waals surface area contributed by atoms with E-state index in [4.69, 9.17) is 0 Å². The summed E-state index contributed by atoms with van der Waals surface area (Å²) in [5.41, 5.74) is 2.38. The zero-order valence-electron chi connectivity index (χ0n) is 12.9. The van der Waals surface area contributed by atoms with Crippen LogP contribution < -0.4 is 0 Å². The SMILES string of the molecule is CN1CCCC(CCC(=O)N2CCc3ncccc3C2)C1. The molecule has 3 heterocycles. The van der Waals surface area contributed by atoms with Crippen molar-refractivity contribution < 1.29 is 4.79 Å². The average Bonchev–Trinajstić information content (AvgIpc) is 2.52. The van der Waals surface area contributed by atoms with Gasteiger partial charge >= 0.3 is 0 Å². The lowest BCUT2D eigenvalue weighted by Gasteiger charge is -2.31. The molecule has 2 aliphatic heterocycles. The highest BCUT2D eigenvalue weighted by molar-refractivity contribution is 5.76. The zero-order valence-corrected chi connectivity index (χ0v) is 12.9. The number of amides is 1. The van der Waals surface area contributed by atoms with Crippen molar-refractivity contribution in [1.29, 1.82) is 0 Å². The van der Waals surface area contributed by atoms with Crippen LogP contribution in [0.2, 0.25) is 0 Å². The fourth-order valence-electron chi connectivity index (χ4n) is 3.57. The quantitative estimate of drug-likeness (QED) is 0.854. The third-order valence-corrected chi connectivity index (χ3v) is 4.81. The van der Waals surface area contributed by atoms with Crippen LogP contribution in [0, 0.1) is 5.92 Å². The number of nitrogens with zero attached hydrogens (tertiary/aromatic N) is 3. The lowest BCUT2D eigenvalue weighted by atomic mass is 9.93. The van der Waals surface area contributed by atoms with Gasteiger partial charge in [-0.25, -0.2) is 0 Å². The van der Waals surface area contributed by atoms with Crippen molar-refractivity contribution in [2.24, 2.45) is 5.92 Å². The first-order chi connectivity index (χ1) is 10.2. The number of pyridine rings is 1. The van der Waals surface area contributed by atoms with E-state index in [1.807, 2.05) is 17.2 Å². The van der Waals surface area contributed by atoms with Gasteiger partial charge in [-0.1, -0.05) is 6.07 Å². The Labute approximate surface area is 127 Å². The molecular weight excluding hydrogens is 262 g/mol. The highest BCUT2D eigenvalue weighted by atomic mass is 16.2. The second-order valence-electron chi connectivity index (χ2n) is 6.48. The Morgan fingerprint density at radius 3 is 3.19 bits per heavy atom. The van der Waals surface area contributed by atoms with Gasteiger partial charge in [-0.05, 0) is 50.4 Å². The Balaban J connectivity index is 1.50. The van der Waals surface area contributed by atoms with Crippen molar-refractivity contribution in [3.63, 3.8) is 0 Å². The van der Waals surface area contributed by atoms with Crippen LogP contribution in [0.1, 0.15) is 36.9 Å². The molecule has 0 aromatic carbocycles. The van der Waals surface area contributed by atoms with Crippen LogP contribution in [0.15, 0.2) is 18.3 Å². The molecule has 4 heteroatoms. The van der Waals surface area contributed by atoms with Crippen molar-refractivity contribution >= 4 is 5.91 Å². The van der Waals surface area contributed by atoms with Crippen molar-refractivity contribution in [3.05, 3.63) is 29.6 Å². The van der Waals surface area contributed by atoms with E-state index in [9.17, 15) is 4.79 Å². The maximum absolute atomic E-state index is 12.4. The summed E-state index contributed by atoms with van der Waals surface area (Å²) in [6, 6.07) is 4.06. The molecule has 1 aromatic rings. The van der Waals surface area contributed by atoms with Crippen LogP contribution in [0.3, 0.4) is 0 Å². The maximum Gasteiger partial charge on any atom is 0.222 e. The Kier molecular flexibility index (Phi) is 4.54. The van der Waals surface area contributed by atoms with Gasteiger partial charge in [0, 0.05) is 44.4 Å². The molecular formula is C17H25N3O. The standard InChI is InChI=1S/C17H25N3O/c1-19-10-3-4-14(12-19)6-7-17(21)20-11-8-16-15(13-20)5-2-9-18-16/h2,5,9,14H,3-4,6-8,10-13H2,1H3. The van der Waals surface area contributed by atoms with E-state index < -0.39 is 0 Å². The van der Waals surface area contributed by atoms with E-state index in [-0.39, 0.29) is 0 Å². The van der Waals surface area contributed by atoms with E-state index in [0.29, 0.717) is 18.2 Å². The van der Waals surface area contributed by atoms with Crippen LogP contribution in [-0.2, 0) is 17.8 Å². The maximum atomic E-state index is 12.4. The van der Waals surface area contributed by atoms with Crippen molar-refractivity contribution in [1.82, 2.24) is 14.8 Å². The number of fused-ring (bicyclic) bond motifs is 1. The summed E-state index contributed by atoms with van der Waals surface area (Å²) >= 11 is 0. The first-order valence-corrected chi connectivity index (χ1v) is 8.11. The molecule has 1 amide bonds. The number of aromatic nitrogens is 1. The normalized spacial score (nSPS) is 22.9. The van der Waals surface area contributed by atoms with Crippen LogP contribution in [0.4, 0.5) is 0 Å². The molecule has 4 nitrogen and oxygen atoms in total. The molecule has 1 aromatic heterocycles. The largest absolute Gasteiger partial charge is 0.338 e. The minimum atomic E-state index is 0.317. The first kappa shape index (κ1) is 14.5. The summed E-state index contributed by atoms with van der Waals surface area (Å²) in [6.45, 7) is 3.93. The van der Waals surface area contributed by atoms with Gasteiger partial charge in [-0.2, -0.15) is 0 Å². The van der Waals surface area contributed by atoms with Gasteiger partial charge < -0.3 is 9.80 Å². The van der Waals surface area contributed by atoms with Crippen LogP contribution in [0.5, 0.6) is 0 Å².